The lowest BCUT2D eigenvalue weighted by atomic mass is 10.1. The van der Waals surface area contributed by atoms with Gasteiger partial charge in [-0.25, -0.2) is 19.4 Å². The van der Waals surface area contributed by atoms with Crippen LogP contribution in [0.1, 0.15) is 28.3 Å². The fourth-order valence-corrected chi connectivity index (χ4v) is 3.74. The summed E-state index contributed by atoms with van der Waals surface area (Å²) in [6.07, 6.45) is 0.193. The number of anilines is 2. The second kappa shape index (κ2) is 8.17. The van der Waals surface area contributed by atoms with Crippen LogP contribution in [-0.4, -0.2) is 44.8 Å². The van der Waals surface area contributed by atoms with Gasteiger partial charge in [0, 0.05) is 47.1 Å². The molecule has 160 valence electrons. The van der Waals surface area contributed by atoms with Crippen LogP contribution in [0.5, 0.6) is 0 Å². The summed E-state index contributed by atoms with van der Waals surface area (Å²) in [5.74, 6) is 0.366. The van der Waals surface area contributed by atoms with Crippen molar-refractivity contribution in [1.29, 1.82) is 0 Å². The fourth-order valence-electron chi connectivity index (χ4n) is 3.74. The van der Waals surface area contributed by atoms with Gasteiger partial charge in [-0.15, -0.1) is 0 Å². The van der Waals surface area contributed by atoms with Gasteiger partial charge >= 0.3 is 6.03 Å². The molecule has 0 bridgehead atoms. The maximum absolute atomic E-state index is 12.7. The zero-order chi connectivity index (χ0) is 22.1. The first-order valence-corrected chi connectivity index (χ1v) is 10.1. The van der Waals surface area contributed by atoms with E-state index in [1.807, 2.05) is 45.9 Å². The minimum Gasteiger partial charge on any atom is -0.336 e. The number of hydrogen-bond acceptors (Lipinski definition) is 5. The van der Waals surface area contributed by atoms with Gasteiger partial charge in [0.05, 0.1) is 12.1 Å². The molecule has 1 aromatic carbocycles. The highest BCUT2D eigenvalue weighted by atomic mass is 16.2. The van der Waals surface area contributed by atoms with Crippen molar-refractivity contribution < 1.29 is 9.59 Å². The Balaban J connectivity index is 1.47. The summed E-state index contributed by atoms with van der Waals surface area (Å²) >= 11 is 0. The molecule has 3 amide bonds. The van der Waals surface area contributed by atoms with Crippen LogP contribution >= 0.6 is 0 Å². The van der Waals surface area contributed by atoms with Crippen LogP contribution < -0.4 is 15.5 Å². The number of nitrogens with one attached hydrogen (secondary N) is 2. The van der Waals surface area contributed by atoms with E-state index in [-0.39, 0.29) is 18.4 Å². The van der Waals surface area contributed by atoms with Gasteiger partial charge in [0.1, 0.15) is 0 Å². The number of rotatable bonds is 5. The standard InChI is InChI=1S/C22H25N7O2/c1-13-11-14(2)25-21(24-13)29-16(4)19(15(3)27-29)12-20(30)26-17-5-7-18(8-6-17)28-10-9-23-22(28)31/h5-8,11H,9-10,12H2,1-4H3,(H,23,31)(H,26,30). The zero-order valence-electron chi connectivity index (χ0n) is 18.1. The van der Waals surface area contributed by atoms with E-state index in [2.05, 4.69) is 25.7 Å². The Labute approximate surface area is 180 Å². The van der Waals surface area contributed by atoms with Crippen molar-refractivity contribution in [3.8, 4) is 5.95 Å². The molecule has 0 unspecified atom stereocenters. The van der Waals surface area contributed by atoms with Gasteiger partial charge in [0.15, 0.2) is 0 Å². The summed E-state index contributed by atoms with van der Waals surface area (Å²) in [6, 6.07) is 9.05. The third kappa shape index (κ3) is 4.25. The molecule has 2 N–H and O–H groups in total. The van der Waals surface area contributed by atoms with E-state index < -0.39 is 0 Å². The van der Waals surface area contributed by atoms with Gasteiger partial charge in [0.2, 0.25) is 5.91 Å². The molecule has 1 aliphatic rings. The molecule has 0 spiro atoms. The summed E-state index contributed by atoms with van der Waals surface area (Å²) in [5.41, 5.74) is 5.67. The Bertz CT molecular complexity index is 1130. The second-order valence-corrected chi connectivity index (χ2v) is 7.67. The Morgan fingerprint density at radius 1 is 1.10 bits per heavy atom. The molecule has 0 aliphatic carbocycles. The molecule has 2 aromatic heterocycles. The molecule has 0 saturated carbocycles. The average molecular weight is 419 g/mol. The smallest absolute Gasteiger partial charge is 0.321 e. The van der Waals surface area contributed by atoms with Gasteiger partial charge in [-0.3, -0.25) is 9.69 Å². The first kappa shape index (κ1) is 20.5. The molecular formula is C22H25N7O2. The van der Waals surface area contributed by atoms with Crippen molar-refractivity contribution >= 4 is 23.3 Å². The van der Waals surface area contributed by atoms with E-state index in [9.17, 15) is 9.59 Å². The largest absolute Gasteiger partial charge is 0.336 e. The van der Waals surface area contributed by atoms with Crippen LogP contribution in [0.3, 0.4) is 0 Å². The third-order valence-electron chi connectivity index (χ3n) is 5.26. The van der Waals surface area contributed by atoms with Crippen molar-refractivity contribution in [2.24, 2.45) is 0 Å². The SMILES string of the molecule is Cc1cc(C)nc(-n2nc(C)c(CC(=O)Nc3ccc(N4CCNC4=O)cc3)c2C)n1. The monoisotopic (exact) mass is 419 g/mol. The van der Waals surface area contributed by atoms with Crippen molar-refractivity contribution in [3.63, 3.8) is 0 Å². The molecule has 1 fully saturated rings. The van der Waals surface area contributed by atoms with E-state index in [1.54, 1.807) is 21.7 Å². The molecule has 3 aromatic rings. The van der Waals surface area contributed by atoms with Crippen molar-refractivity contribution in [1.82, 2.24) is 25.1 Å². The number of urea groups is 1. The number of hydrogen-bond donors (Lipinski definition) is 2. The number of aromatic nitrogens is 4. The second-order valence-electron chi connectivity index (χ2n) is 7.67. The van der Waals surface area contributed by atoms with E-state index in [0.717, 1.165) is 34.0 Å². The lowest BCUT2D eigenvalue weighted by molar-refractivity contribution is -0.115. The molecule has 9 heteroatoms. The molecule has 1 saturated heterocycles. The minimum atomic E-state index is -0.140. The van der Waals surface area contributed by atoms with Gasteiger partial charge in [-0.1, -0.05) is 0 Å². The lowest BCUT2D eigenvalue weighted by Gasteiger charge is -2.14. The Hall–Kier alpha value is -3.75. The fraction of sp³-hybridized carbons (Fsp3) is 0.318. The van der Waals surface area contributed by atoms with E-state index >= 15 is 0 Å². The van der Waals surface area contributed by atoms with Gasteiger partial charge in [-0.2, -0.15) is 5.10 Å². The van der Waals surface area contributed by atoms with Crippen molar-refractivity contribution in [3.05, 3.63) is 58.7 Å². The number of carbonyl (C=O) groups excluding carboxylic acids is 2. The maximum atomic E-state index is 12.7. The molecule has 0 radical (unpaired) electrons. The predicted molar refractivity (Wildman–Crippen MR) is 118 cm³/mol. The van der Waals surface area contributed by atoms with Gasteiger partial charge in [-0.05, 0) is 58.0 Å². The maximum Gasteiger partial charge on any atom is 0.321 e. The van der Waals surface area contributed by atoms with Crippen molar-refractivity contribution in [2.75, 3.05) is 23.3 Å². The molecule has 4 rings (SSSR count). The van der Waals surface area contributed by atoms with Gasteiger partial charge in [0.25, 0.3) is 5.95 Å². The highest BCUT2D eigenvalue weighted by Gasteiger charge is 2.21. The number of nitrogens with zero attached hydrogens (tertiary/aromatic N) is 5. The topological polar surface area (TPSA) is 105 Å². The minimum absolute atomic E-state index is 0.104. The lowest BCUT2D eigenvalue weighted by Crippen LogP contribution is -2.27. The number of carbonyl (C=O) groups is 2. The van der Waals surface area contributed by atoms with Gasteiger partial charge < -0.3 is 10.6 Å². The Kier molecular flexibility index (Phi) is 5.41. The first-order valence-electron chi connectivity index (χ1n) is 10.1. The summed E-state index contributed by atoms with van der Waals surface area (Å²) in [4.78, 5) is 35.1. The number of amides is 3. The summed E-state index contributed by atoms with van der Waals surface area (Å²) in [7, 11) is 0. The van der Waals surface area contributed by atoms with Crippen molar-refractivity contribution in [2.45, 2.75) is 34.1 Å². The van der Waals surface area contributed by atoms with Crippen LogP contribution in [0.25, 0.3) is 5.95 Å². The van der Waals surface area contributed by atoms with E-state index in [4.69, 9.17) is 0 Å². The highest BCUT2D eigenvalue weighted by Crippen LogP contribution is 2.21. The molecule has 9 nitrogen and oxygen atoms in total. The number of benzene rings is 1. The summed E-state index contributed by atoms with van der Waals surface area (Å²) in [5, 5.41) is 10.2. The molecular weight excluding hydrogens is 394 g/mol. The quantitative estimate of drug-likeness (QED) is 0.661. The van der Waals surface area contributed by atoms with Crippen LogP contribution in [0.2, 0.25) is 0 Å². The van der Waals surface area contributed by atoms with E-state index in [1.165, 1.54) is 0 Å². The zero-order valence-corrected chi connectivity index (χ0v) is 18.1. The summed E-state index contributed by atoms with van der Waals surface area (Å²) < 4.78 is 1.69. The van der Waals surface area contributed by atoms with Crippen LogP contribution in [0.4, 0.5) is 16.2 Å². The Morgan fingerprint density at radius 3 is 2.39 bits per heavy atom. The third-order valence-corrected chi connectivity index (χ3v) is 5.26. The van der Waals surface area contributed by atoms with Crippen LogP contribution in [0.15, 0.2) is 30.3 Å². The molecule has 1 aliphatic heterocycles. The first-order chi connectivity index (χ1) is 14.8. The Morgan fingerprint density at radius 2 is 1.77 bits per heavy atom. The summed E-state index contributed by atoms with van der Waals surface area (Å²) in [6.45, 7) is 8.90. The predicted octanol–water partition coefficient (Wildman–Crippen LogP) is 2.61. The normalized spacial score (nSPS) is 13.4. The molecule has 31 heavy (non-hydrogen) atoms. The molecule has 3 heterocycles. The van der Waals surface area contributed by atoms with Crippen LogP contribution in [-0.2, 0) is 11.2 Å². The molecule has 0 atom stereocenters. The average Bonchev–Trinajstić information content (AvgIpc) is 3.26. The number of aryl methyl sites for hydroxylation is 3. The highest BCUT2D eigenvalue weighted by molar-refractivity contribution is 5.95. The van der Waals surface area contributed by atoms with E-state index in [0.29, 0.717) is 24.7 Å². The van der Waals surface area contributed by atoms with Crippen LogP contribution in [0, 0.1) is 27.7 Å².